The third-order valence-electron chi connectivity index (χ3n) is 5.16. The number of rotatable bonds is 4. The maximum absolute atomic E-state index is 4.89. The maximum atomic E-state index is 4.89. The van der Waals surface area contributed by atoms with E-state index < -0.39 is 0 Å². The molecule has 0 radical (unpaired) electrons. The second-order valence-corrected chi connectivity index (χ2v) is 8.04. The largest absolute Gasteiger partial charge is 0.351 e. The lowest BCUT2D eigenvalue weighted by molar-refractivity contribution is 0.477. The summed E-state index contributed by atoms with van der Waals surface area (Å²) in [5.74, 6) is 0.685. The smallest absolute Gasteiger partial charge is 0.223 e. The molecule has 5 rings (SSSR count). The first-order valence-electron chi connectivity index (χ1n) is 9.61. The molecule has 6 nitrogen and oxygen atoms in total. The number of anilines is 1. The number of aromatic nitrogens is 4. The highest BCUT2D eigenvalue weighted by atomic mass is 32.1. The van der Waals surface area contributed by atoms with Crippen molar-refractivity contribution in [2.24, 2.45) is 0 Å². The maximum Gasteiger partial charge on any atom is 0.223 e. The predicted molar refractivity (Wildman–Crippen MR) is 114 cm³/mol. The van der Waals surface area contributed by atoms with E-state index in [1.807, 2.05) is 12.3 Å². The minimum absolute atomic E-state index is 0.416. The van der Waals surface area contributed by atoms with E-state index in [0.717, 1.165) is 53.5 Å². The topological polar surface area (TPSA) is 67.1 Å². The van der Waals surface area contributed by atoms with Gasteiger partial charge in [0.2, 0.25) is 5.95 Å². The predicted octanol–water partition coefficient (Wildman–Crippen LogP) is 3.99. The molecular formula is C21H22N6S. The Morgan fingerprint density at radius 1 is 1.11 bits per heavy atom. The molecule has 2 N–H and O–H groups in total. The first kappa shape index (κ1) is 17.3. The lowest BCUT2D eigenvalue weighted by atomic mass is 10.1. The standard InChI is InChI=1S/C21H22N6S/c1-14-2-4-15(5-3-14)18-19(27-12-13-28-21(27)26-18)17-8-11-23-20(25-17)24-16-6-9-22-10-7-16/h2-5,8,11-13,16,22H,6-7,9-10H2,1H3,(H,23,24,25). The molecule has 1 saturated heterocycles. The molecule has 28 heavy (non-hydrogen) atoms. The van der Waals surface area contributed by atoms with Crippen LogP contribution in [0.2, 0.25) is 0 Å². The summed E-state index contributed by atoms with van der Waals surface area (Å²) in [6.07, 6.45) is 6.06. The monoisotopic (exact) mass is 390 g/mol. The zero-order valence-corrected chi connectivity index (χ0v) is 16.5. The summed E-state index contributed by atoms with van der Waals surface area (Å²) in [6, 6.07) is 10.9. The van der Waals surface area contributed by atoms with Gasteiger partial charge in [-0.1, -0.05) is 29.8 Å². The van der Waals surface area contributed by atoms with E-state index >= 15 is 0 Å². The highest BCUT2D eigenvalue weighted by Gasteiger charge is 2.19. The zero-order chi connectivity index (χ0) is 18.9. The molecule has 0 amide bonds. The van der Waals surface area contributed by atoms with Crippen molar-refractivity contribution in [2.75, 3.05) is 18.4 Å². The average molecular weight is 391 g/mol. The summed E-state index contributed by atoms with van der Waals surface area (Å²) in [4.78, 5) is 15.2. The molecule has 1 aromatic carbocycles. The Labute approximate surface area is 167 Å². The van der Waals surface area contributed by atoms with Crippen LogP contribution in [-0.2, 0) is 0 Å². The fourth-order valence-electron chi connectivity index (χ4n) is 3.65. The number of benzene rings is 1. The highest BCUT2D eigenvalue weighted by molar-refractivity contribution is 7.15. The summed E-state index contributed by atoms with van der Waals surface area (Å²) < 4.78 is 2.12. The van der Waals surface area contributed by atoms with Gasteiger partial charge in [0.1, 0.15) is 5.69 Å². The van der Waals surface area contributed by atoms with Crippen molar-refractivity contribution in [3.63, 3.8) is 0 Å². The van der Waals surface area contributed by atoms with Crippen molar-refractivity contribution in [3.05, 3.63) is 53.7 Å². The van der Waals surface area contributed by atoms with Gasteiger partial charge >= 0.3 is 0 Å². The van der Waals surface area contributed by atoms with Crippen molar-refractivity contribution in [1.29, 1.82) is 0 Å². The summed E-state index contributed by atoms with van der Waals surface area (Å²) in [5.41, 5.74) is 5.19. The van der Waals surface area contributed by atoms with Crippen LogP contribution >= 0.6 is 11.3 Å². The molecule has 1 fully saturated rings. The zero-order valence-electron chi connectivity index (χ0n) is 15.7. The lowest BCUT2D eigenvalue weighted by Crippen LogP contribution is -2.35. The van der Waals surface area contributed by atoms with Crippen molar-refractivity contribution in [1.82, 2.24) is 24.7 Å². The molecule has 0 saturated carbocycles. The Balaban J connectivity index is 1.57. The molecule has 3 aromatic heterocycles. The molecule has 7 heteroatoms. The van der Waals surface area contributed by atoms with E-state index in [-0.39, 0.29) is 0 Å². The molecule has 0 aliphatic carbocycles. The second-order valence-electron chi connectivity index (χ2n) is 7.16. The van der Waals surface area contributed by atoms with Crippen LogP contribution in [0.1, 0.15) is 18.4 Å². The quantitative estimate of drug-likeness (QED) is 0.551. The van der Waals surface area contributed by atoms with Crippen molar-refractivity contribution in [2.45, 2.75) is 25.8 Å². The van der Waals surface area contributed by atoms with Gasteiger partial charge in [0.05, 0.1) is 11.4 Å². The van der Waals surface area contributed by atoms with Crippen molar-refractivity contribution in [3.8, 4) is 22.6 Å². The molecule has 0 unspecified atom stereocenters. The fourth-order valence-corrected chi connectivity index (χ4v) is 4.37. The molecule has 0 atom stereocenters. The summed E-state index contributed by atoms with van der Waals surface area (Å²) in [6.45, 7) is 4.17. The lowest BCUT2D eigenvalue weighted by Gasteiger charge is -2.23. The molecule has 1 aliphatic rings. The van der Waals surface area contributed by atoms with Crippen LogP contribution in [0.15, 0.2) is 48.1 Å². The van der Waals surface area contributed by atoms with Gasteiger partial charge in [0.25, 0.3) is 0 Å². The van der Waals surface area contributed by atoms with Crippen LogP contribution in [0.25, 0.3) is 27.6 Å². The Hall–Kier alpha value is -2.77. The number of hydrogen-bond acceptors (Lipinski definition) is 6. The fraction of sp³-hybridized carbons (Fsp3) is 0.286. The van der Waals surface area contributed by atoms with Gasteiger partial charge in [-0.3, -0.25) is 4.40 Å². The van der Waals surface area contributed by atoms with Gasteiger partial charge in [-0.2, -0.15) is 0 Å². The van der Waals surface area contributed by atoms with Crippen molar-refractivity contribution < 1.29 is 0 Å². The number of fused-ring (bicyclic) bond motifs is 1. The second kappa shape index (κ2) is 7.33. The summed E-state index contributed by atoms with van der Waals surface area (Å²) >= 11 is 1.63. The first-order valence-corrected chi connectivity index (χ1v) is 10.5. The first-order chi connectivity index (χ1) is 13.8. The number of piperidine rings is 1. The normalized spacial score (nSPS) is 15.2. The van der Waals surface area contributed by atoms with E-state index in [4.69, 9.17) is 9.97 Å². The van der Waals surface area contributed by atoms with Gasteiger partial charge in [0, 0.05) is 29.4 Å². The van der Waals surface area contributed by atoms with Gasteiger partial charge < -0.3 is 10.6 Å². The minimum Gasteiger partial charge on any atom is -0.351 e. The molecule has 4 heterocycles. The van der Waals surface area contributed by atoms with Crippen LogP contribution in [-0.4, -0.2) is 38.5 Å². The van der Waals surface area contributed by atoms with E-state index in [1.165, 1.54) is 5.56 Å². The van der Waals surface area contributed by atoms with Gasteiger partial charge in [-0.15, -0.1) is 11.3 Å². The molecule has 0 bridgehead atoms. The Morgan fingerprint density at radius 2 is 1.93 bits per heavy atom. The van der Waals surface area contributed by atoms with Gasteiger partial charge in [-0.25, -0.2) is 15.0 Å². The van der Waals surface area contributed by atoms with Crippen LogP contribution < -0.4 is 10.6 Å². The number of nitrogens with one attached hydrogen (secondary N) is 2. The SMILES string of the molecule is Cc1ccc(-c2nc3sccn3c2-c2ccnc(NC3CCNCC3)n2)cc1. The highest BCUT2D eigenvalue weighted by Crippen LogP contribution is 2.33. The average Bonchev–Trinajstić information content (AvgIpc) is 3.31. The minimum atomic E-state index is 0.416. The third-order valence-corrected chi connectivity index (χ3v) is 5.91. The van der Waals surface area contributed by atoms with Crippen LogP contribution in [0, 0.1) is 6.92 Å². The van der Waals surface area contributed by atoms with E-state index in [2.05, 4.69) is 62.8 Å². The van der Waals surface area contributed by atoms with E-state index in [1.54, 1.807) is 11.3 Å². The summed E-state index contributed by atoms with van der Waals surface area (Å²) in [7, 11) is 0. The number of thiazole rings is 1. The number of imidazole rings is 1. The number of aryl methyl sites for hydroxylation is 1. The van der Waals surface area contributed by atoms with E-state index in [0.29, 0.717) is 12.0 Å². The molecule has 4 aromatic rings. The van der Waals surface area contributed by atoms with Gasteiger partial charge in [-0.05, 0) is 38.9 Å². The third kappa shape index (κ3) is 3.27. The van der Waals surface area contributed by atoms with Crippen LogP contribution in [0.4, 0.5) is 5.95 Å². The van der Waals surface area contributed by atoms with Gasteiger partial charge in [0.15, 0.2) is 4.96 Å². The van der Waals surface area contributed by atoms with E-state index in [9.17, 15) is 0 Å². The van der Waals surface area contributed by atoms with Crippen molar-refractivity contribution >= 4 is 22.2 Å². The molecule has 0 spiro atoms. The summed E-state index contributed by atoms with van der Waals surface area (Å²) in [5, 5.41) is 8.95. The van der Waals surface area contributed by atoms with Crippen LogP contribution in [0.5, 0.6) is 0 Å². The number of hydrogen-bond donors (Lipinski definition) is 2. The van der Waals surface area contributed by atoms with Crippen LogP contribution in [0.3, 0.4) is 0 Å². The Kier molecular flexibility index (Phi) is 4.54. The Bertz CT molecular complexity index is 1090. The molecular weight excluding hydrogens is 368 g/mol. The Morgan fingerprint density at radius 3 is 2.75 bits per heavy atom. The number of nitrogens with zero attached hydrogens (tertiary/aromatic N) is 4. The molecule has 142 valence electrons. The molecule has 1 aliphatic heterocycles.